The van der Waals surface area contributed by atoms with Crippen LogP contribution in [0.25, 0.3) is 0 Å². The summed E-state index contributed by atoms with van der Waals surface area (Å²) in [7, 11) is 0. The maximum absolute atomic E-state index is 2.28. The lowest BCUT2D eigenvalue weighted by atomic mass is 9.82. The molecule has 1 rings (SSSR count). The highest BCUT2D eigenvalue weighted by molar-refractivity contribution is 5.22. The van der Waals surface area contributed by atoms with Crippen LogP contribution in [0.5, 0.6) is 0 Å². The molecule has 0 aromatic carbocycles. The first-order chi connectivity index (χ1) is 5.61. The van der Waals surface area contributed by atoms with Crippen LogP contribution >= 0.6 is 0 Å². The maximum Gasteiger partial charge on any atom is -0.0170 e. The molecule has 0 saturated heterocycles. The summed E-state index contributed by atoms with van der Waals surface area (Å²) >= 11 is 0. The molecule has 1 aliphatic carbocycles. The SMILES string of the molecule is CC.CC(C)(C)C1=CC=CCC1. The number of allylic oxidation sites excluding steroid dienone is 4. The lowest BCUT2D eigenvalue weighted by Crippen LogP contribution is -2.10. The molecule has 0 heteroatoms. The van der Waals surface area contributed by atoms with Gasteiger partial charge in [-0.15, -0.1) is 0 Å². The molecule has 0 nitrogen and oxygen atoms in total. The summed E-state index contributed by atoms with van der Waals surface area (Å²) in [6.07, 6.45) is 9.13. The molecular weight excluding hydrogens is 144 g/mol. The van der Waals surface area contributed by atoms with Crippen molar-refractivity contribution >= 4 is 0 Å². The Bertz CT molecular complexity index is 165. The summed E-state index contributed by atoms with van der Waals surface area (Å²) in [5.74, 6) is 0. The molecule has 0 atom stereocenters. The first-order valence-corrected chi connectivity index (χ1v) is 4.97. The smallest absolute Gasteiger partial charge is 0.0170 e. The molecule has 0 bridgehead atoms. The molecule has 70 valence electrons. The van der Waals surface area contributed by atoms with E-state index in [1.807, 2.05) is 13.8 Å². The minimum Gasteiger partial charge on any atom is -0.0842 e. The first kappa shape index (κ1) is 11.5. The van der Waals surface area contributed by atoms with Crippen molar-refractivity contribution in [3.8, 4) is 0 Å². The Hall–Kier alpha value is -0.520. The van der Waals surface area contributed by atoms with Crippen LogP contribution in [-0.2, 0) is 0 Å². The highest BCUT2D eigenvalue weighted by Gasteiger charge is 2.16. The van der Waals surface area contributed by atoms with Gasteiger partial charge in [0, 0.05) is 0 Å². The maximum atomic E-state index is 2.28. The van der Waals surface area contributed by atoms with Gasteiger partial charge in [0.05, 0.1) is 0 Å². The van der Waals surface area contributed by atoms with E-state index in [2.05, 4.69) is 39.0 Å². The lowest BCUT2D eigenvalue weighted by molar-refractivity contribution is 0.481. The molecular formula is C12H22. The van der Waals surface area contributed by atoms with Crippen molar-refractivity contribution in [3.05, 3.63) is 23.8 Å². The molecule has 0 aliphatic heterocycles. The van der Waals surface area contributed by atoms with Gasteiger partial charge >= 0.3 is 0 Å². The Balaban J connectivity index is 0.000000561. The third kappa shape index (κ3) is 3.75. The number of rotatable bonds is 0. The largest absolute Gasteiger partial charge is 0.0842 e. The molecule has 0 radical (unpaired) electrons. The monoisotopic (exact) mass is 166 g/mol. The predicted molar refractivity (Wildman–Crippen MR) is 57.3 cm³/mol. The van der Waals surface area contributed by atoms with E-state index < -0.39 is 0 Å². The Kier molecular flexibility index (Phi) is 4.96. The van der Waals surface area contributed by atoms with Gasteiger partial charge in [-0.25, -0.2) is 0 Å². The molecule has 0 heterocycles. The number of hydrogen-bond donors (Lipinski definition) is 0. The molecule has 0 N–H and O–H groups in total. The van der Waals surface area contributed by atoms with Crippen molar-refractivity contribution in [1.82, 2.24) is 0 Å². The molecule has 0 unspecified atom stereocenters. The molecule has 0 saturated carbocycles. The first-order valence-electron chi connectivity index (χ1n) is 4.97. The van der Waals surface area contributed by atoms with Crippen LogP contribution < -0.4 is 0 Å². The molecule has 0 amide bonds. The van der Waals surface area contributed by atoms with Crippen LogP contribution in [0.4, 0.5) is 0 Å². The average Bonchev–Trinajstić information content (AvgIpc) is 2.08. The van der Waals surface area contributed by atoms with Crippen LogP contribution in [0.2, 0.25) is 0 Å². The van der Waals surface area contributed by atoms with Gasteiger partial charge in [-0.2, -0.15) is 0 Å². The molecule has 0 aromatic heterocycles. The Morgan fingerprint density at radius 2 is 1.75 bits per heavy atom. The predicted octanol–water partition coefficient (Wildman–Crippen LogP) is 4.34. The van der Waals surface area contributed by atoms with E-state index in [0.29, 0.717) is 5.41 Å². The van der Waals surface area contributed by atoms with Gasteiger partial charge in [0.15, 0.2) is 0 Å². The van der Waals surface area contributed by atoms with Gasteiger partial charge in [-0.3, -0.25) is 0 Å². The Labute approximate surface area is 77.4 Å². The fraction of sp³-hybridized carbons (Fsp3) is 0.667. The molecule has 12 heavy (non-hydrogen) atoms. The standard InChI is InChI=1S/C10H16.C2H6/c1-10(2,3)9-7-5-4-6-8-9;1-2/h4-5,7H,6,8H2,1-3H3;1-2H3. The van der Waals surface area contributed by atoms with Gasteiger partial charge in [0.2, 0.25) is 0 Å². The molecule has 0 fully saturated rings. The van der Waals surface area contributed by atoms with Gasteiger partial charge in [0.25, 0.3) is 0 Å². The highest BCUT2D eigenvalue weighted by Crippen LogP contribution is 2.30. The van der Waals surface area contributed by atoms with Crippen molar-refractivity contribution in [3.63, 3.8) is 0 Å². The molecule has 1 aliphatic rings. The fourth-order valence-electron chi connectivity index (χ4n) is 1.23. The summed E-state index contributed by atoms with van der Waals surface area (Å²) in [6, 6.07) is 0. The van der Waals surface area contributed by atoms with Crippen LogP contribution in [-0.4, -0.2) is 0 Å². The fourth-order valence-corrected chi connectivity index (χ4v) is 1.23. The van der Waals surface area contributed by atoms with E-state index in [-0.39, 0.29) is 0 Å². The van der Waals surface area contributed by atoms with Crippen molar-refractivity contribution in [2.24, 2.45) is 5.41 Å². The summed E-state index contributed by atoms with van der Waals surface area (Å²) in [6.45, 7) is 10.8. The normalized spacial score (nSPS) is 16.2. The van der Waals surface area contributed by atoms with Crippen molar-refractivity contribution in [1.29, 1.82) is 0 Å². The summed E-state index contributed by atoms with van der Waals surface area (Å²) in [5.41, 5.74) is 1.96. The number of hydrogen-bond acceptors (Lipinski definition) is 0. The van der Waals surface area contributed by atoms with E-state index in [1.165, 1.54) is 12.8 Å². The lowest BCUT2D eigenvalue weighted by Gasteiger charge is -2.23. The Morgan fingerprint density at radius 3 is 2.00 bits per heavy atom. The van der Waals surface area contributed by atoms with Gasteiger partial charge in [-0.05, 0) is 18.3 Å². The van der Waals surface area contributed by atoms with Gasteiger partial charge in [0.1, 0.15) is 0 Å². The summed E-state index contributed by atoms with van der Waals surface area (Å²) in [4.78, 5) is 0. The second-order valence-electron chi connectivity index (χ2n) is 3.91. The van der Waals surface area contributed by atoms with Gasteiger partial charge < -0.3 is 0 Å². The van der Waals surface area contributed by atoms with Crippen LogP contribution in [0, 0.1) is 5.41 Å². The second kappa shape index (κ2) is 5.18. The summed E-state index contributed by atoms with van der Waals surface area (Å²) in [5, 5.41) is 0. The minimum atomic E-state index is 0.380. The topological polar surface area (TPSA) is 0 Å². The zero-order valence-corrected chi connectivity index (χ0v) is 9.15. The van der Waals surface area contributed by atoms with E-state index in [4.69, 9.17) is 0 Å². The quantitative estimate of drug-likeness (QED) is 0.502. The summed E-state index contributed by atoms with van der Waals surface area (Å²) < 4.78 is 0. The van der Waals surface area contributed by atoms with Crippen LogP contribution in [0.3, 0.4) is 0 Å². The van der Waals surface area contributed by atoms with Gasteiger partial charge in [-0.1, -0.05) is 58.4 Å². The third-order valence-electron chi connectivity index (χ3n) is 1.98. The molecule has 0 aromatic rings. The minimum absolute atomic E-state index is 0.380. The molecule has 0 spiro atoms. The van der Waals surface area contributed by atoms with Crippen molar-refractivity contribution < 1.29 is 0 Å². The highest BCUT2D eigenvalue weighted by atomic mass is 14.2. The van der Waals surface area contributed by atoms with Crippen molar-refractivity contribution in [2.45, 2.75) is 47.5 Å². The van der Waals surface area contributed by atoms with Crippen molar-refractivity contribution in [2.75, 3.05) is 0 Å². The van der Waals surface area contributed by atoms with Crippen LogP contribution in [0.1, 0.15) is 47.5 Å². The second-order valence-corrected chi connectivity index (χ2v) is 3.91. The van der Waals surface area contributed by atoms with E-state index in [9.17, 15) is 0 Å². The average molecular weight is 166 g/mol. The zero-order valence-electron chi connectivity index (χ0n) is 9.15. The zero-order chi connectivity index (χ0) is 9.61. The van der Waals surface area contributed by atoms with E-state index >= 15 is 0 Å². The third-order valence-corrected chi connectivity index (χ3v) is 1.98. The van der Waals surface area contributed by atoms with Crippen LogP contribution in [0.15, 0.2) is 23.8 Å². The van der Waals surface area contributed by atoms with E-state index in [0.717, 1.165) is 0 Å². The van der Waals surface area contributed by atoms with E-state index in [1.54, 1.807) is 5.57 Å². The Morgan fingerprint density at radius 1 is 1.17 bits per heavy atom.